The summed E-state index contributed by atoms with van der Waals surface area (Å²) in [5.41, 5.74) is 26.7. The summed E-state index contributed by atoms with van der Waals surface area (Å²) in [5.74, 6) is 0. The van der Waals surface area contributed by atoms with Gasteiger partial charge in [0.2, 0.25) is 0 Å². The molecular weight excluding hydrogens is 1320 g/mol. The van der Waals surface area contributed by atoms with Crippen LogP contribution in [-0.2, 0) is 0 Å². The van der Waals surface area contributed by atoms with Gasteiger partial charge in [0, 0.05) is 119 Å². The van der Waals surface area contributed by atoms with Crippen molar-refractivity contribution in [1.82, 2.24) is 0 Å². The smallest absolute Gasteiger partial charge is 0.0467 e. The first kappa shape index (κ1) is 67.5. The molecule has 109 heavy (non-hydrogen) atoms. The molecule has 0 radical (unpaired) electrons. The number of nitrogens with zero attached hydrogens (tertiary/aromatic N) is 7. The molecule has 520 valence electrons. The highest BCUT2D eigenvalue weighted by molar-refractivity contribution is 5.89. The molecule has 17 aromatic carbocycles. The highest BCUT2D eigenvalue weighted by Gasteiger charge is 2.23. The van der Waals surface area contributed by atoms with Gasteiger partial charge in [-0.15, -0.1) is 0 Å². The summed E-state index contributed by atoms with van der Waals surface area (Å²) < 4.78 is 0. The number of hydrogen-bond donors (Lipinski definition) is 0. The maximum Gasteiger partial charge on any atom is 0.0467 e. The van der Waals surface area contributed by atoms with Crippen molar-refractivity contribution in [2.75, 3.05) is 34.3 Å². The van der Waals surface area contributed by atoms with Gasteiger partial charge in [0.25, 0.3) is 0 Å². The molecule has 0 aliphatic rings. The predicted molar refractivity (Wildman–Crippen MR) is 460 cm³/mol. The minimum absolute atomic E-state index is 1.03. The molecule has 17 aromatic rings. The number of benzene rings is 17. The highest BCUT2D eigenvalue weighted by atomic mass is 15.2. The largest absolute Gasteiger partial charge is 0.311 e. The first-order valence-electron chi connectivity index (χ1n) is 37.0. The SMILES string of the molecule is c1ccc(-c2cccc(N(c3ccccc3)c3ccc(N(c4ccccc4)c4ccc(N(c5ccccc5)c5ccc(N(c6ccccc6)c6ccc(N(c7ccccc7)c7ccc(N(c8ccccc8)c8ccc(N(c9ccccc9)c9cccc(-c%10ccccc%10)c9)cc8)cc7)cc6)cc5)cc4)cc3)c2)cc1. The third-order valence-electron chi connectivity index (χ3n) is 19.7. The van der Waals surface area contributed by atoms with E-state index in [9.17, 15) is 0 Å². The zero-order chi connectivity index (χ0) is 72.9. The van der Waals surface area contributed by atoms with Gasteiger partial charge in [-0.05, 0) is 277 Å². The molecule has 0 saturated carbocycles. The van der Waals surface area contributed by atoms with Crippen LogP contribution in [0, 0.1) is 0 Å². The summed E-state index contributed by atoms with van der Waals surface area (Å²) in [4.78, 5) is 16.3. The van der Waals surface area contributed by atoms with Crippen LogP contribution in [0.1, 0.15) is 0 Å². The van der Waals surface area contributed by atoms with Crippen LogP contribution in [0.4, 0.5) is 119 Å². The number of rotatable bonds is 23. The summed E-state index contributed by atoms with van der Waals surface area (Å²) in [5, 5.41) is 0. The normalized spacial score (nSPS) is 10.9. The van der Waals surface area contributed by atoms with E-state index >= 15 is 0 Å². The van der Waals surface area contributed by atoms with Gasteiger partial charge >= 0.3 is 0 Å². The van der Waals surface area contributed by atoms with Crippen LogP contribution in [0.15, 0.2) is 467 Å². The molecule has 0 spiro atoms. The molecule has 0 aliphatic carbocycles. The molecule has 0 unspecified atom stereocenters. The zero-order valence-electron chi connectivity index (χ0n) is 60.1. The maximum atomic E-state index is 2.33. The average Bonchev–Trinajstić information content (AvgIpc) is 0.790. The van der Waals surface area contributed by atoms with Crippen LogP contribution in [0.5, 0.6) is 0 Å². The quantitative estimate of drug-likeness (QED) is 0.0629. The Balaban J connectivity index is 0.654. The van der Waals surface area contributed by atoms with Crippen molar-refractivity contribution >= 4 is 119 Å². The lowest BCUT2D eigenvalue weighted by Crippen LogP contribution is -2.14. The second-order valence-electron chi connectivity index (χ2n) is 26.6. The first-order valence-corrected chi connectivity index (χ1v) is 37.0. The summed E-state index contributed by atoms with van der Waals surface area (Å²) in [7, 11) is 0. The Hall–Kier alpha value is -14.7. The lowest BCUT2D eigenvalue weighted by Gasteiger charge is -2.30. The molecule has 17 rings (SSSR count). The first-order chi connectivity index (χ1) is 54.1. The molecule has 0 amide bonds. The Bertz CT molecular complexity index is 5390. The fourth-order valence-corrected chi connectivity index (χ4v) is 14.6. The van der Waals surface area contributed by atoms with Crippen molar-refractivity contribution in [2.24, 2.45) is 0 Å². The minimum Gasteiger partial charge on any atom is -0.311 e. The van der Waals surface area contributed by atoms with E-state index in [1.54, 1.807) is 0 Å². The van der Waals surface area contributed by atoms with Crippen molar-refractivity contribution in [3.63, 3.8) is 0 Å². The molecular formula is C102H77N7. The van der Waals surface area contributed by atoms with E-state index in [0.717, 1.165) is 131 Å². The Morgan fingerprint density at radius 1 is 0.0826 bits per heavy atom. The van der Waals surface area contributed by atoms with Crippen LogP contribution in [0.25, 0.3) is 22.3 Å². The molecule has 0 heterocycles. The summed E-state index contributed by atoms with van der Waals surface area (Å²) in [6, 6.07) is 167. The van der Waals surface area contributed by atoms with Gasteiger partial charge in [-0.1, -0.05) is 212 Å². The molecule has 0 bridgehead atoms. The maximum absolute atomic E-state index is 2.33. The van der Waals surface area contributed by atoms with Gasteiger partial charge in [0.15, 0.2) is 0 Å². The van der Waals surface area contributed by atoms with Gasteiger partial charge < -0.3 is 34.3 Å². The minimum atomic E-state index is 1.03. The Labute approximate surface area is 639 Å². The Kier molecular flexibility index (Phi) is 19.7. The Morgan fingerprint density at radius 3 is 0.349 bits per heavy atom. The standard InChI is InChI=1S/C102H77N7/c1-10-30-78(31-11-1)80-34-28-50-101(76-80)108(87-46-24-8-25-47-87)99-72-68-97(69-73-99)106(85-42-20-6-21-43-85)95-64-60-93(61-65-95)104(83-38-16-4-17-39-83)91-56-52-89(53-57-91)103(82-36-14-3-15-37-82)90-54-58-92(59-55-90)105(84-40-18-5-19-41-84)94-62-66-96(67-63-94)107(86-44-22-7-23-45-86)98-70-74-100(75-71-98)109(88-48-26-9-27-49-88)102-51-29-35-81(77-102)79-32-12-2-13-33-79/h1-77H. The van der Waals surface area contributed by atoms with Gasteiger partial charge in [-0.2, -0.15) is 0 Å². The van der Waals surface area contributed by atoms with E-state index in [1.165, 1.54) is 11.1 Å². The van der Waals surface area contributed by atoms with E-state index < -0.39 is 0 Å². The van der Waals surface area contributed by atoms with Crippen LogP contribution in [0.3, 0.4) is 0 Å². The van der Waals surface area contributed by atoms with Crippen LogP contribution in [-0.4, -0.2) is 0 Å². The summed E-state index contributed by atoms with van der Waals surface area (Å²) >= 11 is 0. The second kappa shape index (κ2) is 31.7. The lowest BCUT2D eigenvalue weighted by molar-refractivity contribution is 1.23. The molecule has 0 aromatic heterocycles. The fraction of sp³-hybridized carbons (Fsp3) is 0. The van der Waals surface area contributed by atoms with E-state index in [-0.39, 0.29) is 0 Å². The topological polar surface area (TPSA) is 22.7 Å². The van der Waals surface area contributed by atoms with E-state index in [1.807, 2.05) is 0 Å². The highest BCUT2D eigenvalue weighted by Crippen LogP contribution is 2.47. The number of para-hydroxylation sites is 7. The van der Waals surface area contributed by atoms with Crippen molar-refractivity contribution in [2.45, 2.75) is 0 Å². The molecule has 0 aliphatic heterocycles. The predicted octanol–water partition coefficient (Wildman–Crippen LogP) is 29.3. The molecule has 7 heteroatoms. The Morgan fingerprint density at radius 2 is 0.193 bits per heavy atom. The molecule has 0 N–H and O–H groups in total. The monoisotopic (exact) mass is 1400 g/mol. The second-order valence-corrected chi connectivity index (χ2v) is 26.6. The van der Waals surface area contributed by atoms with Gasteiger partial charge in [-0.3, -0.25) is 0 Å². The summed E-state index contributed by atoms with van der Waals surface area (Å²) in [6.45, 7) is 0. The van der Waals surface area contributed by atoms with Gasteiger partial charge in [0.1, 0.15) is 0 Å². The van der Waals surface area contributed by atoms with Crippen LogP contribution in [0.2, 0.25) is 0 Å². The van der Waals surface area contributed by atoms with Crippen molar-refractivity contribution in [3.05, 3.63) is 467 Å². The lowest BCUT2D eigenvalue weighted by atomic mass is 10.0. The molecule has 0 fully saturated rings. The van der Waals surface area contributed by atoms with Crippen molar-refractivity contribution < 1.29 is 0 Å². The summed E-state index contributed by atoms with van der Waals surface area (Å²) in [6.07, 6.45) is 0. The molecule has 0 saturated heterocycles. The third-order valence-corrected chi connectivity index (χ3v) is 19.7. The van der Waals surface area contributed by atoms with Crippen molar-refractivity contribution in [3.8, 4) is 22.3 Å². The van der Waals surface area contributed by atoms with Crippen LogP contribution < -0.4 is 34.3 Å². The van der Waals surface area contributed by atoms with E-state index in [4.69, 9.17) is 0 Å². The zero-order valence-corrected chi connectivity index (χ0v) is 60.1. The van der Waals surface area contributed by atoms with Crippen molar-refractivity contribution in [1.29, 1.82) is 0 Å². The number of anilines is 21. The molecule has 7 nitrogen and oxygen atoms in total. The fourth-order valence-electron chi connectivity index (χ4n) is 14.6. The van der Waals surface area contributed by atoms with Gasteiger partial charge in [-0.25, -0.2) is 0 Å². The number of hydrogen-bond acceptors (Lipinski definition) is 7. The van der Waals surface area contributed by atoms with E-state index in [0.29, 0.717) is 0 Å². The third kappa shape index (κ3) is 14.8. The van der Waals surface area contributed by atoms with Crippen LogP contribution >= 0.6 is 0 Å². The average molecular weight is 1400 g/mol. The van der Waals surface area contributed by atoms with E-state index in [2.05, 4.69) is 501 Å². The van der Waals surface area contributed by atoms with Gasteiger partial charge in [0.05, 0.1) is 0 Å². The molecule has 0 atom stereocenters.